The topological polar surface area (TPSA) is 136 Å². The first-order valence-electron chi connectivity index (χ1n) is 9.32. The molecule has 1 atom stereocenters. The molecule has 0 saturated carbocycles. The summed E-state index contributed by atoms with van der Waals surface area (Å²) in [7, 11) is 0. The van der Waals surface area contributed by atoms with Gasteiger partial charge in [-0.15, -0.1) is 5.10 Å². The third-order valence-electron chi connectivity index (χ3n) is 5.59. The molecule has 30 heavy (non-hydrogen) atoms. The normalized spacial score (nSPS) is 21.0. The smallest absolute Gasteiger partial charge is 0.165 e. The van der Waals surface area contributed by atoms with E-state index in [1.165, 1.54) is 6.33 Å². The molecule has 4 N–H and O–H groups in total. The van der Waals surface area contributed by atoms with Crippen LogP contribution in [0.1, 0.15) is 12.0 Å². The highest BCUT2D eigenvalue weighted by Crippen LogP contribution is 2.36. The number of fused-ring (bicyclic) bond motifs is 1. The first-order chi connectivity index (χ1) is 14.5. The second-order valence-electron chi connectivity index (χ2n) is 7.43. The molecule has 5 rings (SSSR count). The molecule has 0 aliphatic carbocycles. The Kier molecular flexibility index (Phi) is 4.82. The number of rotatable bonds is 4. The van der Waals surface area contributed by atoms with Gasteiger partial charge in [-0.2, -0.15) is 5.11 Å². The van der Waals surface area contributed by atoms with Crippen molar-refractivity contribution in [1.82, 2.24) is 19.5 Å². The van der Waals surface area contributed by atoms with Crippen molar-refractivity contribution in [3.63, 3.8) is 0 Å². The average molecular weight is 537 g/mol. The molecule has 2 aliphatic rings. The quantitative estimate of drug-likeness (QED) is 0.492. The van der Waals surface area contributed by atoms with Gasteiger partial charge in [0.05, 0.1) is 29.1 Å². The van der Waals surface area contributed by atoms with Gasteiger partial charge in [0.25, 0.3) is 0 Å². The predicted molar refractivity (Wildman–Crippen MR) is 124 cm³/mol. The molecule has 3 aromatic rings. The summed E-state index contributed by atoms with van der Waals surface area (Å²) < 4.78 is 2.93. The summed E-state index contributed by atoms with van der Waals surface area (Å²) in [5.74, 6) is 0.361. The highest BCUT2D eigenvalue weighted by Gasteiger charge is 2.41. The van der Waals surface area contributed by atoms with Crippen molar-refractivity contribution in [2.24, 2.45) is 21.2 Å². The summed E-state index contributed by atoms with van der Waals surface area (Å²) in [5, 5.41) is 12.5. The fraction of sp³-hybridized carbons (Fsp3) is 0.333. The van der Waals surface area contributed by atoms with Crippen LogP contribution >= 0.6 is 34.2 Å². The molecular formula is C18H18ClIN10. The van der Waals surface area contributed by atoms with Gasteiger partial charge in [0.1, 0.15) is 18.4 Å². The maximum atomic E-state index is 6.67. The number of nitrogens with zero attached hydrogens (tertiary/aromatic N) is 8. The van der Waals surface area contributed by atoms with Crippen LogP contribution in [0.2, 0.25) is 5.02 Å². The molecule has 1 fully saturated rings. The van der Waals surface area contributed by atoms with Crippen LogP contribution in [0.3, 0.4) is 0 Å². The Balaban J connectivity index is 1.51. The van der Waals surface area contributed by atoms with Crippen molar-refractivity contribution < 1.29 is 0 Å². The van der Waals surface area contributed by atoms with Crippen LogP contribution in [0.25, 0.3) is 11.2 Å². The minimum Gasteiger partial charge on any atom is -0.382 e. The fourth-order valence-corrected chi connectivity index (χ4v) is 4.76. The van der Waals surface area contributed by atoms with Crippen molar-refractivity contribution in [1.29, 1.82) is 0 Å². The average Bonchev–Trinajstić information content (AvgIpc) is 3.47. The van der Waals surface area contributed by atoms with Crippen LogP contribution in [0.4, 0.5) is 11.5 Å². The number of benzene rings is 1. The van der Waals surface area contributed by atoms with E-state index in [0.717, 1.165) is 33.5 Å². The van der Waals surface area contributed by atoms with E-state index in [2.05, 4.69) is 57.9 Å². The molecular weight excluding hydrogens is 519 g/mol. The number of aromatic nitrogens is 4. The van der Waals surface area contributed by atoms with E-state index in [1.54, 1.807) is 6.33 Å². The van der Waals surface area contributed by atoms with E-state index in [0.29, 0.717) is 41.6 Å². The van der Waals surface area contributed by atoms with Crippen molar-refractivity contribution in [3.05, 3.63) is 38.9 Å². The summed E-state index contributed by atoms with van der Waals surface area (Å²) in [4.78, 5) is 15.0. The highest BCUT2D eigenvalue weighted by molar-refractivity contribution is 14.1. The summed E-state index contributed by atoms with van der Waals surface area (Å²) in [6, 6.07) is 3.96. The van der Waals surface area contributed by atoms with Crippen LogP contribution in [-0.4, -0.2) is 50.4 Å². The van der Waals surface area contributed by atoms with E-state index in [-0.39, 0.29) is 0 Å². The molecule has 2 aliphatic heterocycles. The van der Waals surface area contributed by atoms with Gasteiger partial charge in [-0.25, -0.2) is 15.0 Å². The molecule has 0 amide bonds. The molecule has 0 bridgehead atoms. The van der Waals surface area contributed by atoms with E-state index in [1.807, 2.05) is 16.7 Å². The lowest BCUT2D eigenvalue weighted by molar-refractivity contribution is 0.626. The Bertz CT molecular complexity index is 1210. The SMILES string of the molecule is Nc1ncnc2c1ncn2Cc1c(N2CC[C@](N)(C3=NN=NC3)C2)ccc(Cl)c1I. The lowest BCUT2D eigenvalue weighted by Gasteiger charge is -2.27. The van der Waals surface area contributed by atoms with Gasteiger partial charge in [-0.1, -0.05) is 11.6 Å². The van der Waals surface area contributed by atoms with E-state index < -0.39 is 5.54 Å². The van der Waals surface area contributed by atoms with Crippen LogP contribution in [0, 0.1) is 3.57 Å². The van der Waals surface area contributed by atoms with Gasteiger partial charge in [0, 0.05) is 27.9 Å². The Morgan fingerprint density at radius 2 is 2.10 bits per heavy atom. The van der Waals surface area contributed by atoms with E-state index >= 15 is 0 Å². The zero-order valence-corrected chi connectivity index (χ0v) is 18.7. The zero-order chi connectivity index (χ0) is 20.9. The number of imidazole rings is 1. The van der Waals surface area contributed by atoms with Crippen molar-refractivity contribution in [2.45, 2.75) is 18.5 Å². The van der Waals surface area contributed by atoms with Crippen molar-refractivity contribution >= 4 is 62.6 Å². The minimum absolute atomic E-state index is 0.361. The van der Waals surface area contributed by atoms with Crippen LogP contribution in [-0.2, 0) is 6.54 Å². The van der Waals surface area contributed by atoms with Crippen LogP contribution in [0.5, 0.6) is 0 Å². The first kappa shape index (κ1) is 19.6. The maximum Gasteiger partial charge on any atom is 0.165 e. The number of nitrogen functional groups attached to an aromatic ring is 1. The molecule has 0 unspecified atom stereocenters. The van der Waals surface area contributed by atoms with Gasteiger partial charge in [0.2, 0.25) is 0 Å². The third kappa shape index (κ3) is 3.20. The highest BCUT2D eigenvalue weighted by atomic mass is 127. The Hall–Kier alpha value is -2.38. The first-order valence-corrected chi connectivity index (χ1v) is 10.8. The lowest BCUT2D eigenvalue weighted by atomic mass is 9.93. The standard InChI is InChI=1S/C18H18ClIN10/c19-11-1-2-12(29-4-3-18(22,7-29)13-5-26-28-27-13)10(14(11)20)6-30-9-25-15-16(21)23-8-24-17(15)30/h1-2,8-9H,3-7,22H2,(H2,21,23,24)/t18-/m1/s1. The second kappa shape index (κ2) is 7.39. The Morgan fingerprint density at radius 1 is 1.23 bits per heavy atom. The van der Waals surface area contributed by atoms with Gasteiger partial charge >= 0.3 is 0 Å². The van der Waals surface area contributed by atoms with Gasteiger partial charge in [-0.05, 0) is 46.4 Å². The third-order valence-corrected chi connectivity index (χ3v) is 7.46. The van der Waals surface area contributed by atoms with Gasteiger partial charge in [0.15, 0.2) is 11.5 Å². The molecule has 10 nitrogen and oxygen atoms in total. The number of hydrogen-bond acceptors (Lipinski definition) is 9. The molecule has 1 aromatic carbocycles. The molecule has 12 heteroatoms. The van der Waals surface area contributed by atoms with E-state index in [9.17, 15) is 0 Å². The van der Waals surface area contributed by atoms with Gasteiger partial charge < -0.3 is 20.9 Å². The predicted octanol–water partition coefficient (Wildman–Crippen LogP) is 2.44. The molecule has 0 spiro atoms. The molecule has 2 aromatic heterocycles. The zero-order valence-electron chi connectivity index (χ0n) is 15.8. The Labute approximate surface area is 190 Å². The van der Waals surface area contributed by atoms with Crippen molar-refractivity contribution in [3.8, 4) is 0 Å². The Morgan fingerprint density at radius 3 is 2.90 bits per heavy atom. The van der Waals surface area contributed by atoms with E-state index in [4.69, 9.17) is 23.1 Å². The molecule has 1 saturated heterocycles. The number of halogens is 2. The van der Waals surface area contributed by atoms with Gasteiger partial charge in [-0.3, -0.25) is 0 Å². The van der Waals surface area contributed by atoms with Crippen molar-refractivity contribution in [2.75, 3.05) is 30.3 Å². The van der Waals surface area contributed by atoms with Crippen LogP contribution in [0.15, 0.2) is 40.2 Å². The second-order valence-corrected chi connectivity index (χ2v) is 8.91. The minimum atomic E-state index is -0.533. The number of hydrogen-bond donors (Lipinski definition) is 2. The summed E-state index contributed by atoms with van der Waals surface area (Å²) in [6.07, 6.45) is 3.96. The summed E-state index contributed by atoms with van der Waals surface area (Å²) in [6.45, 7) is 2.46. The number of nitrogens with two attached hydrogens (primary N) is 2. The number of anilines is 2. The lowest BCUT2D eigenvalue weighted by Crippen LogP contribution is -2.51. The maximum absolute atomic E-state index is 6.67. The molecule has 0 radical (unpaired) electrons. The monoisotopic (exact) mass is 536 g/mol. The van der Waals surface area contributed by atoms with Crippen LogP contribution < -0.4 is 16.4 Å². The summed E-state index contributed by atoms with van der Waals surface area (Å²) in [5.41, 5.74) is 16.3. The molecule has 154 valence electrons. The molecule has 4 heterocycles. The largest absolute Gasteiger partial charge is 0.382 e. The summed E-state index contributed by atoms with van der Waals surface area (Å²) >= 11 is 8.76. The fourth-order valence-electron chi connectivity index (χ4n) is 3.96.